The van der Waals surface area contributed by atoms with Crippen molar-refractivity contribution in [2.75, 3.05) is 25.5 Å². The van der Waals surface area contributed by atoms with Gasteiger partial charge < -0.3 is 25.0 Å². The number of benzene rings is 2. The average Bonchev–Trinajstić information content (AvgIpc) is 2.86. The molecule has 2 heterocycles. The summed E-state index contributed by atoms with van der Waals surface area (Å²) >= 11 is 0. The quantitative estimate of drug-likeness (QED) is 0.626. The van der Waals surface area contributed by atoms with Crippen molar-refractivity contribution < 1.29 is 37.0 Å². The van der Waals surface area contributed by atoms with Crippen molar-refractivity contribution >= 4 is 23.4 Å². The molecular weight excluding hydrogens is 491 g/mol. The van der Waals surface area contributed by atoms with Crippen LogP contribution in [0, 0.1) is 0 Å². The number of carbonyl (C=O) groups excluding carboxylic acids is 3. The summed E-state index contributed by atoms with van der Waals surface area (Å²) in [6.07, 6.45) is -3.67. The molecule has 0 bridgehead atoms. The van der Waals surface area contributed by atoms with Crippen LogP contribution < -0.4 is 15.4 Å². The van der Waals surface area contributed by atoms with Gasteiger partial charge in [0.15, 0.2) is 0 Å². The van der Waals surface area contributed by atoms with Gasteiger partial charge in [-0.2, -0.15) is 13.2 Å². The van der Waals surface area contributed by atoms with Crippen LogP contribution in [-0.2, 0) is 15.7 Å². The van der Waals surface area contributed by atoms with Gasteiger partial charge in [-0.3, -0.25) is 14.4 Å². The fourth-order valence-corrected chi connectivity index (χ4v) is 4.60. The molecule has 2 aromatic carbocycles. The maximum atomic E-state index is 13.3. The molecule has 198 valence electrons. The van der Waals surface area contributed by atoms with Crippen LogP contribution in [0.2, 0.25) is 0 Å². The van der Waals surface area contributed by atoms with Crippen LogP contribution in [0.4, 0.5) is 18.9 Å². The van der Waals surface area contributed by atoms with Gasteiger partial charge in [-0.05, 0) is 62.2 Å². The number of hydrogen-bond donors (Lipinski definition) is 2. The van der Waals surface area contributed by atoms with Gasteiger partial charge in [-0.25, -0.2) is 0 Å². The lowest BCUT2D eigenvalue weighted by molar-refractivity contribution is -0.137. The number of likely N-dealkylation sites (N-methyl/N-ethyl adjacent to an activating group) is 1. The number of carbonyl (C=O) groups is 3. The first kappa shape index (κ1) is 26.5. The molecule has 2 aromatic rings. The van der Waals surface area contributed by atoms with Crippen LogP contribution in [0.15, 0.2) is 42.5 Å². The number of rotatable bonds is 5. The first-order chi connectivity index (χ1) is 17.6. The lowest BCUT2D eigenvalue weighted by atomic mass is 9.94. The Morgan fingerprint density at radius 3 is 2.51 bits per heavy atom. The summed E-state index contributed by atoms with van der Waals surface area (Å²) in [5.74, 6) is -0.697. The number of halogens is 3. The number of ether oxygens (including phenoxy) is 2. The van der Waals surface area contributed by atoms with Crippen molar-refractivity contribution in [3.05, 3.63) is 59.2 Å². The summed E-state index contributed by atoms with van der Waals surface area (Å²) in [7, 11) is 1.68. The maximum Gasteiger partial charge on any atom is 0.416 e. The minimum Gasteiger partial charge on any atom is -0.490 e. The van der Waals surface area contributed by atoms with E-state index in [4.69, 9.17) is 9.47 Å². The number of fused-ring (bicyclic) bond motifs is 2. The second kappa shape index (κ2) is 10.8. The molecule has 4 rings (SSSR count). The molecule has 3 atom stereocenters. The Hall–Kier alpha value is -3.60. The molecule has 3 amide bonds. The number of nitrogens with zero attached hydrogens (tertiary/aromatic N) is 1. The van der Waals surface area contributed by atoms with Crippen molar-refractivity contribution in [1.29, 1.82) is 0 Å². The third kappa shape index (κ3) is 6.04. The lowest BCUT2D eigenvalue weighted by Gasteiger charge is -2.42. The predicted octanol–water partition coefficient (Wildman–Crippen LogP) is 3.86. The number of hydrogen-bond acceptors (Lipinski definition) is 5. The van der Waals surface area contributed by atoms with E-state index in [-0.39, 0.29) is 48.1 Å². The highest BCUT2D eigenvalue weighted by Crippen LogP contribution is 2.33. The zero-order valence-corrected chi connectivity index (χ0v) is 20.4. The third-order valence-electron chi connectivity index (χ3n) is 6.53. The van der Waals surface area contributed by atoms with E-state index in [9.17, 15) is 27.6 Å². The first-order valence-electron chi connectivity index (χ1n) is 12.0. The minimum atomic E-state index is -4.50. The lowest BCUT2D eigenvalue weighted by Crippen LogP contribution is -2.54. The molecule has 0 saturated carbocycles. The summed E-state index contributed by atoms with van der Waals surface area (Å²) in [5, 5.41) is 5.38. The molecule has 0 radical (unpaired) electrons. The van der Waals surface area contributed by atoms with E-state index in [1.165, 1.54) is 6.07 Å². The molecule has 8 nitrogen and oxygen atoms in total. The van der Waals surface area contributed by atoms with Crippen LogP contribution in [-0.4, -0.2) is 61.1 Å². The Balaban J connectivity index is 1.47. The van der Waals surface area contributed by atoms with Crippen molar-refractivity contribution in [2.45, 2.75) is 50.6 Å². The molecule has 2 aliphatic heterocycles. The van der Waals surface area contributed by atoms with Crippen molar-refractivity contribution in [2.24, 2.45) is 0 Å². The first-order valence-corrected chi connectivity index (χ1v) is 12.0. The molecule has 11 heteroatoms. The zero-order valence-electron chi connectivity index (χ0n) is 20.4. The largest absolute Gasteiger partial charge is 0.490 e. The number of nitrogens with one attached hydrogen (secondary N) is 2. The van der Waals surface area contributed by atoms with Crippen molar-refractivity contribution in [1.82, 2.24) is 10.2 Å². The molecule has 1 fully saturated rings. The van der Waals surface area contributed by atoms with Gasteiger partial charge in [-0.1, -0.05) is 0 Å². The average molecular weight is 520 g/mol. The van der Waals surface area contributed by atoms with E-state index in [1.807, 2.05) is 6.92 Å². The Kier molecular flexibility index (Phi) is 7.72. The van der Waals surface area contributed by atoms with Crippen LogP contribution in [0.1, 0.15) is 52.5 Å². The van der Waals surface area contributed by atoms with Gasteiger partial charge in [0, 0.05) is 24.8 Å². The van der Waals surface area contributed by atoms with Crippen LogP contribution in [0.5, 0.6) is 5.75 Å². The van der Waals surface area contributed by atoms with E-state index in [0.717, 1.165) is 24.3 Å². The third-order valence-corrected chi connectivity index (χ3v) is 6.53. The smallest absolute Gasteiger partial charge is 0.416 e. The summed E-state index contributed by atoms with van der Waals surface area (Å²) < 4.78 is 50.4. The van der Waals surface area contributed by atoms with Gasteiger partial charge in [0.05, 0.1) is 29.7 Å². The molecule has 2 N–H and O–H groups in total. The van der Waals surface area contributed by atoms with E-state index in [2.05, 4.69) is 10.6 Å². The van der Waals surface area contributed by atoms with Gasteiger partial charge >= 0.3 is 6.18 Å². The van der Waals surface area contributed by atoms with Crippen LogP contribution >= 0.6 is 0 Å². The highest BCUT2D eigenvalue weighted by Gasteiger charge is 2.39. The predicted molar refractivity (Wildman–Crippen MR) is 128 cm³/mol. The molecule has 37 heavy (non-hydrogen) atoms. The summed E-state index contributed by atoms with van der Waals surface area (Å²) in [5.41, 5.74) is -0.260. The molecule has 0 spiro atoms. The molecule has 1 saturated heterocycles. The molecular formula is C26H28F3N3O5. The highest BCUT2D eigenvalue weighted by atomic mass is 19.4. The number of amides is 3. The van der Waals surface area contributed by atoms with E-state index in [0.29, 0.717) is 30.8 Å². The van der Waals surface area contributed by atoms with Crippen LogP contribution in [0.3, 0.4) is 0 Å². The summed E-state index contributed by atoms with van der Waals surface area (Å²) in [6, 6.07) is 8.20. The monoisotopic (exact) mass is 519 g/mol. The number of alkyl halides is 3. The normalized spacial score (nSPS) is 21.6. The Morgan fingerprint density at radius 2 is 1.84 bits per heavy atom. The second-order valence-electron chi connectivity index (χ2n) is 9.07. The van der Waals surface area contributed by atoms with E-state index >= 15 is 0 Å². The van der Waals surface area contributed by atoms with Crippen LogP contribution in [0.25, 0.3) is 0 Å². The molecule has 0 aromatic heterocycles. The summed E-state index contributed by atoms with van der Waals surface area (Å²) in [4.78, 5) is 39.5. The molecule has 2 aliphatic rings. The standard InChI is InChI=1S/C26H28F3N3O5/c1-3-30-23(33)13-18-9-10-20-22(37-18)14-36-21-11-8-17(12-19(21)25(35)32(20)2)31-24(34)15-4-6-16(7-5-15)26(27,28)29/h4-8,11-12,18,20,22H,3,9-10,13-14H2,1-2H3,(H,30,33)(H,31,34)/t18-,20+,22-/m0/s1. The van der Waals surface area contributed by atoms with Crippen molar-refractivity contribution in [3.63, 3.8) is 0 Å². The Bertz CT molecular complexity index is 1170. The topological polar surface area (TPSA) is 97.0 Å². The minimum absolute atomic E-state index is 0.0452. The van der Waals surface area contributed by atoms with Gasteiger partial charge in [0.2, 0.25) is 5.91 Å². The van der Waals surface area contributed by atoms with E-state index in [1.54, 1.807) is 24.1 Å². The van der Waals surface area contributed by atoms with Gasteiger partial charge in [0.1, 0.15) is 18.5 Å². The zero-order chi connectivity index (χ0) is 26.7. The van der Waals surface area contributed by atoms with Crippen molar-refractivity contribution in [3.8, 4) is 5.75 Å². The maximum absolute atomic E-state index is 13.3. The Morgan fingerprint density at radius 1 is 1.11 bits per heavy atom. The molecule has 0 aliphatic carbocycles. The SMILES string of the molecule is CCNC(=O)C[C@@H]1CC[C@@H]2[C@H](COc3ccc(NC(=O)c4ccc(C(F)(F)F)cc4)cc3C(=O)N2C)O1. The fourth-order valence-electron chi connectivity index (χ4n) is 4.60. The fraction of sp³-hybridized carbons (Fsp3) is 0.423. The van der Waals surface area contributed by atoms with E-state index < -0.39 is 23.8 Å². The molecule has 0 unspecified atom stereocenters. The highest BCUT2D eigenvalue weighted by molar-refractivity contribution is 6.05. The number of anilines is 1. The Labute approximate surface area is 212 Å². The summed E-state index contributed by atoms with van der Waals surface area (Å²) in [6.45, 7) is 2.57. The second-order valence-corrected chi connectivity index (χ2v) is 9.07. The van der Waals surface area contributed by atoms with Gasteiger partial charge in [-0.15, -0.1) is 0 Å². The van der Waals surface area contributed by atoms with Gasteiger partial charge in [0.25, 0.3) is 11.8 Å².